The Morgan fingerprint density at radius 3 is 0.541 bits per heavy atom. The summed E-state index contributed by atoms with van der Waals surface area (Å²) >= 11 is 0. The second-order valence-corrected chi connectivity index (χ2v) is 40.1. The molecule has 24 aromatic rings. The van der Waals surface area contributed by atoms with Crippen molar-refractivity contribution in [2.45, 2.75) is 52.4 Å². The predicted molar refractivity (Wildman–Crippen MR) is 613 cm³/mol. The molecule has 0 N–H and O–H groups in total. The fourth-order valence-electron chi connectivity index (χ4n) is 21.1. The second kappa shape index (κ2) is 39.2. The van der Waals surface area contributed by atoms with Crippen molar-refractivity contribution in [1.29, 1.82) is 0 Å². The molecule has 0 saturated heterocycles. The maximum Gasteiger partial charge on any atom is 0.123 e. The quantitative estimate of drug-likeness (QED) is 0.0497. The number of hydrogen-bond acceptors (Lipinski definition) is 6. The SMILES string of the molecule is CC(C)(C)c1ccc(N(c2cc(-c3ccccc3)cc(-c3ccc(F)cc3)c2)c2ccc3ccc4c(N(c5ccc(C(C)(C)C)cc5)c5cc(-c6ccccc6)cc(-c6ccc(F)cc6)c5)ccc5ccc2c3c54)cc1.COc1ccc(N(c2cc(-c3ccccc3)cc(-c3ccc(F)cc3)c2)c2ccc3ccc4c(N(c5ccc(OC)cc5)c5cc(-c6ccccc6)cc(-c6ccc(F)cc6)c5)ccc5ccc2c3c54)cc1. The molecule has 0 heterocycles. The van der Waals surface area contributed by atoms with Crippen LogP contribution in [0.15, 0.2) is 485 Å². The highest BCUT2D eigenvalue weighted by atomic mass is 19.1. The molecule has 716 valence electrons. The average Bonchev–Trinajstić information content (AvgIpc) is 0.720. The standard InChI is InChI=1S/C72H58F2N2.C66H46F2N2O2/c1-71(2,3)57-25-33-61(34-26-57)75(63-43-53(47-13-9-7-10-14-47)41-55(45-63)49-17-29-59(73)30-18-49)67-39-23-51-22-38-66-68(40-24-52-21-37-65(67)69(51)70(52)66)76(62-35-27-58(28-36-62)72(4,5)6)64-44-54(48-15-11-8-12-16-48)42-56(46-64)50-19-31-60(74)32-20-50;1-71-59-29-25-55(26-30-59)69(57-39-49(43-9-5-3-6-10-43)37-51(41-57)45-13-21-53(67)22-14-45)63-35-19-47-18-34-62-64(36-20-48-17-33-61(63)65(47)66(48)62)70(56-27-31-60(72-2)32-28-56)58-40-50(44-11-7-4-8-12-44)38-52(42-58)46-15-23-54(68)24-16-46/h7-46H,1-6H3;3-42H,1-2H3. The number of hydrogen-bond donors (Lipinski definition) is 0. The monoisotopic (exact) mass is 1920 g/mol. The molecule has 0 spiro atoms. The second-order valence-electron chi connectivity index (χ2n) is 40.1. The summed E-state index contributed by atoms with van der Waals surface area (Å²) in [5.41, 5.74) is 30.4. The molecular formula is C138H104F4N4O2. The lowest BCUT2D eigenvalue weighted by atomic mass is 9.87. The topological polar surface area (TPSA) is 31.4 Å². The number of rotatable bonds is 22. The molecule has 24 aromatic carbocycles. The molecule has 0 aliphatic carbocycles. The Bertz CT molecular complexity index is 8450. The van der Waals surface area contributed by atoms with E-state index in [1.807, 2.05) is 97.1 Å². The molecule has 148 heavy (non-hydrogen) atoms. The molecule has 0 saturated carbocycles. The lowest BCUT2D eigenvalue weighted by Crippen LogP contribution is -2.14. The zero-order valence-electron chi connectivity index (χ0n) is 83.3. The number of halogens is 4. The predicted octanol–water partition coefficient (Wildman–Crippen LogP) is 39.6. The lowest BCUT2D eigenvalue weighted by Gasteiger charge is -2.31. The fourth-order valence-corrected chi connectivity index (χ4v) is 21.1. The maximum atomic E-state index is 14.5. The van der Waals surface area contributed by atoms with Crippen LogP contribution in [0.5, 0.6) is 11.5 Å². The van der Waals surface area contributed by atoms with Gasteiger partial charge in [0.1, 0.15) is 34.8 Å². The molecule has 0 unspecified atom stereocenters. The third-order valence-corrected chi connectivity index (χ3v) is 28.7. The first-order valence-corrected chi connectivity index (χ1v) is 50.1. The van der Waals surface area contributed by atoms with E-state index in [1.165, 1.54) is 70.4 Å². The van der Waals surface area contributed by atoms with Gasteiger partial charge in [-0.3, -0.25) is 0 Å². The number of nitrogens with zero attached hydrogens (tertiary/aromatic N) is 4. The minimum absolute atomic E-state index is 0.0368. The van der Waals surface area contributed by atoms with E-state index in [0.29, 0.717) is 0 Å². The van der Waals surface area contributed by atoms with Gasteiger partial charge in [-0.1, -0.05) is 308 Å². The lowest BCUT2D eigenvalue weighted by molar-refractivity contribution is 0.414. The summed E-state index contributed by atoms with van der Waals surface area (Å²) < 4.78 is 69.1. The minimum atomic E-state index is -0.280. The van der Waals surface area contributed by atoms with Crippen LogP contribution in [0.4, 0.5) is 85.8 Å². The van der Waals surface area contributed by atoms with E-state index >= 15 is 0 Å². The number of benzene rings is 24. The molecule has 0 fully saturated rings. The first-order chi connectivity index (χ1) is 72.1. The van der Waals surface area contributed by atoms with Gasteiger partial charge in [-0.25, -0.2) is 17.6 Å². The molecule has 10 heteroatoms. The number of methoxy groups -OCH3 is 2. The van der Waals surface area contributed by atoms with Gasteiger partial charge in [-0.15, -0.1) is 0 Å². The van der Waals surface area contributed by atoms with Gasteiger partial charge >= 0.3 is 0 Å². The van der Waals surface area contributed by atoms with Crippen LogP contribution in [0.25, 0.3) is 154 Å². The number of ether oxygens (including phenoxy) is 2. The van der Waals surface area contributed by atoms with Crippen LogP contribution in [0.3, 0.4) is 0 Å². The van der Waals surface area contributed by atoms with E-state index in [1.54, 1.807) is 14.2 Å². The van der Waals surface area contributed by atoms with Crippen molar-refractivity contribution >= 4 is 133 Å². The largest absolute Gasteiger partial charge is 0.497 e. The van der Waals surface area contributed by atoms with Crippen LogP contribution >= 0.6 is 0 Å². The Labute approximate surface area is 860 Å². The summed E-state index contributed by atoms with van der Waals surface area (Å²) in [5, 5.41) is 13.5. The molecule has 24 rings (SSSR count). The van der Waals surface area contributed by atoms with Crippen LogP contribution in [0, 0.1) is 23.3 Å². The van der Waals surface area contributed by atoms with Crippen molar-refractivity contribution < 1.29 is 27.0 Å². The fraction of sp³-hybridized carbons (Fsp3) is 0.0725. The highest BCUT2D eigenvalue weighted by molar-refractivity contribution is 6.30. The van der Waals surface area contributed by atoms with E-state index in [4.69, 9.17) is 9.47 Å². The zero-order chi connectivity index (χ0) is 101. The Hall–Kier alpha value is -18.1. The summed E-state index contributed by atoms with van der Waals surface area (Å²) in [6.45, 7) is 13.5. The third-order valence-electron chi connectivity index (χ3n) is 28.7. The molecule has 0 amide bonds. The van der Waals surface area contributed by atoms with Gasteiger partial charge in [-0.05, 0) is 372 Å². The normalized spacial score (nSPS) is 11.6. The van der Waals surface area contributed by atoms with E-state index in [0.717, 1.165) is 223 Å². The van der Waals surface area contributed by atoms with Crippen LogP contribution in [-0.4, -0.2) is 14.2 Å². The van der Waals surface area contributed by atoms with Crippen molar-refractivity contribution in [3.05, 3.63) is 520 Å². The molecule has 0 radical (unpaired) electrons. The van der Waals surface area contributed by atoms with Crippen LogP contribution < -0.4 is 29.1 Å². The van der Waals surface area contributed by atoms with Crippen molar-refractivity contribution in [3.8, 4) is 101 Å². The van der Waals surface area contributed by atoms with Gasteiger partial charge in [-0.2, -0.15) is 0 Å². The van der Waals surface area contributed by atoms with E-state index in [9.17, 15) is 17.6 Å². The highest BCUT2D eigenvalue weighted by Gasteiger charge is 2.30. The Morgan fingerprint density at radius 1 is 0.169 bits per heavy atom. The van der Waals surface area contributed by atoms with E-state index in [-0.39, 0.29) is 34.1 Å². The van der Waals surface area contributed by atoms with Gasteiger partial charge in [0, 0.05) is 67.0 Å². The highest BCUT2D eigenvalue weighted by Crippen LogP contribution is 2.54. The van der Waals surface area contributed by atoms with Crippen molar-refractivity contribution in [2.75, 3.05) is 33.8 Å². The van der Waals surface area contributed by atoms with Crippen LogP contribution in [0.2, 0.25) is 0 Å². The third kappa shape index (κ3) is 18.5. The Kier molecular flexibility index (Phi) is 24.8. The smallest absolute Gasteiger partial charge is 0.123 e. The zero-order valence-corrected chi connectivity index (χ0v) is 83.3. The van der Waals surface area contributed by atoms with E-state index in [2.05, 4.69) is 401 Å². The molecule has 0 aliphatic heterocycles. The Balaban J connectivity index is 0.000000163. The summed E-state index contributed by atoms with van der Waals surface area (Å²) in [4.78, 5) is 9.44. The van der Waals surface area contributed by atoms with Crippen molar-refractivity contribution in [2.24, 2.45) is 0 Å². The first-order valence-electron chi connectivity index (χ1n) is 50.1. The van der Waals surface area contributed by atoms with E-state index < -0.39 is 0 Å². The molecule has 0 atom stereocenters. The van der Waals surface area contributed by atoms with Gasteiger partial charge in [0.15, 0.2) is 0 Å². The summed E-state index contributed by atoms with van der Waals surface area (Å²) in [5.74, 6) is 0.421. The molecule has 6 nitrogen and oxygen atoms in total. The summed E-state index contributed by atoms with van der Waals surface area (Å²) in [7, 11) is 3.36. The van der Waals surface area contributed by atoms with Crippen molar-refractivity contribution in [3.63, 3.8) is 0 Å². The average molecular weight is 1930 g/mol. The van der Waals surface area contributed by atoms with Crippen LogP contribution in [-0.2, 0) is 10.8 Å². The minimum Gasteiger partial charge on any atom is -0.497 e. The number of anilines is 12. The van der Waals surface area contributed by atoms with Crippen molar-refractivity contribution in [1.82, 2.24) is 0 Å². The molecular weight excluding hydrogens is 1820 g/mol. The maximum absolute atomic E-state index is 14.5. The first kappa shape index (κ1) is 93.5. The summed E-state index contributed by atoms with van der Waals surface area (Å²) in [6.07, 6.45) is 0. The van der Waals surface area contributed by atoms with Gasteiger partial charge in [0.25, 0.3) is 0 Å². The van der Waals surface area contributed by atoms with Gasteiger partial charge in [0.2, 0.25) is 0 Å². The molecule has 0 bridgehead atoms. The van der Waals surface area contributed by atoms with Gasteiger partial charge < -0.3 is 29.1 Å². The van der Waals surface area contributed by atoms with Crippen LogP contribution in [0.1, 0.15) is 52.7 Å². The molecule has 0 aliphatic rings. The van der Waals surface area contributed by atoms with Gasteiger partial charge in [0.05, 0.1) is 37.0 Å². The molecule has 0 aromatic heterocycles. The Morgan fingerprint density at radius 2 is 0.351 bits per heavy atom. The summed E-state index contributed by atoms with van der Waals surface area (Å²) in [6, 6.07) is 166.